The average molecular weight is 400 g/mol. The third kappa shape index (κ3) is 4.04. The molecule has 146 valence electrons. The molecule has 0 spiro atoms. The van der Waals surface area contributed by atoms with Gasteiger partial charge >= 0.3 is 11.9 Å². The highest BCUT2D eigenvalue weighted by Crippen LogP contribution is 2.35. The van der Waals surface area contributed by atoms with Crippen molar-refractivity contribution in [2.45, 2.75) is 33.2 Å². The minimum atomic E-state index is -0.919. The van der Waals surface area contributed by atoms with E-state index in [9.17, 15) is 14.7 Å². The second-order valence-corrected chi connectivity index (χ2v) is 7.06. The molecule has 0 fully saturated rings. The van der Waals surface area contributed by atoms with E-state index in [1.54, 1.807) is 6.92 Å². The van der Waals surface area contributed by atoms with Crippen LogP contribution >= 0.6 is 11.6 Å². The van der Waals surface area contributed by atoms with Gasteiger partial charge in [-0.1, -0.05) is 41.9 Å². The van der Waals surface area contributed by atoms with Gasteiger partial charge in [0.1, 0.15) is 5.69 Å². The molecular formula is C22H22ClNO4. The van der Waals surface area contributed by atoms with Gasteiger partial charge in [-0.05, 0) is 49.1 Å². The Morgan fingerprint density at radius 3 is 2.54 bits per heavy atom. The van der Waals surface area contributed by atoms with Crippen LogP contribution in [0.25, 0.3) is 10.9 Å². The number of ether oxygens (including phenoxy) is 1. The predicted molar refractivity (Wildman–Crippen MR) is 109 cm³/mol. The smallest absolute Gasteiger partial charge is 0.355 e. The fraction of sp³-hybridized carbons (Fsp3) is 0.273. The standard InChI is InChI=1S/C22H22ClNO4/c1-3-28-22(27)21-16(9-10-19(25)26)17-11-14(2)12-18(23)20(17)24(21)13-15-7-5-4-6-8-15/h4-8,11-12H,3,9-10,13H2,1-2H3,(H,25,26). The van der Waals surface area contributed by atoms with Crippen LogP contribution in [0.5, 0.6) is 0 Å². The van der Waals surface area contributed by atoms with Gasteiger partial charge < -0.3 is 14.4 Å². The first-order chi connectivity index (χ1) is 13.4. The molecule has 0 saturated heterocycles. The van der Waals surface area contributed by atoms with Gasteiger partial charge in [0.2, 0.25) is 0 Å². The molecule has 0 bridgehead atoms. The van der Waals surface area contributed by atoms with Crippen LogP contribution in [-0.2, 0) is 22.5 Å². The van der Waals surface area contributed by atoms with Crippen LogP contribution in [0, 0.1) is 6.92 Å². The number of carboxylic acids is 1. The molecule has 0 saturated carbocycles. The zero-order valence-electron chi connectivity index (χ0n) is 15.9. The van der Waals surface area contributed by atoms with Crippen molar-refractivity contribution in [3.8, 4) is 0 Å². The number of aliphatic carboxylic acids is 1. The highest BCUT2D eigenvalue weighted by atomic mass is 35.5. The fourth-order valence-corrected chi connectivity index (χ4v) is 3.86. The van der Waals surface area contributed by atoms with Gasteiger partial charge in [-0.15, -0.1) is 0 Å². The molecule has 0 aliphatic carbocycles. The number of hydrogen-bond donors (Lipinski definition) is 1. The molecule has 3 aromatic rings. The van der Waals surface area contributed by atoms with E-state index in [1.165, 1.54) is 0 Å². The Hall–Kier alpha value is -2.79. The molecule has 0 atom stereocenters. The van der Waals surface area contributed by atoms with E-state index in [2.05, 4.69) is 0 Å². The van der Waals surface area contributed by atoms with Crippen molar-refractivity contribution in [3.63, 3.8) is 0 Å². The largest absolute Gasteiger partial charge is 0.481 e. The first kappa shape index (κ1) is 20.0. The third-order valence-corrected chi connectivity index (χ3v) is 4.89. The van der Waals surface area contributed by atoms with Crippen LogP contribution in [0.2, 0.25) is 5.02 Å². The second kappa shape index (κ2) is 8.48. The van der Waals surface area contributed by atoms with Crippen molar-refractivity contribution in [3.05, 3.63) is 69.9 Å². The maximum atomic E-state index is 12.9. The highest BCUT2D eigenvalue weighted by Gasteiger charge is 2.26. The molecule has 1 N–H and O–H groups in total. The summed E-state index contributed by atoms with van der Waals surface area (Å²) in [6.45, 7) is 4.33. The Balaban J connectivity index is 2.28. The molecule has 1 aromatic heterocycles. The summed E-state index contributed by atoms with van der Waals surface area (Å²) in [6.07, 6.45) is 0.143. The zero-order chi connectivity index (χ0) is 20.3. The third-order valence-electron chi connectivity index (χ3n) is 4.60. The van der Waals surface area contributed by atoms with Crippen molar-refractivity contribution >= 4 is 34.4 Å². The lowest BCUT2D eigenvalue weighted by Crippen LogP contribution is -2.15. The summed E-state index contributed by atoms with van der Waals surface area (Å²) in [5.41, 5.74) is 3.71. The molecular weight excluding hydrogens is 378 g/mol. The monoisotopic (exact) mass is 399 g/mol. The summed E-state index contributed by atoms with van der Waals surface area (Å²) >= 11 is 6.57. The van der Waals surface area contributed by atoms with Crippen LogP contribution < -0.4 is 0 Å². The number of aromatic nitrogens is 1. The highest BCUT2D eigenvalue weighted by molar-refractivity contribution is 6.35. The Morgan fingerprint density at radius 1 is 1.18 bits per heavy atom. The molecule has 1 heterocycles. The Kier molecular flexibility index (Phi) is 6.05. The summed E-state index contributed by atoms with van der Waals surface area (Å²) in [4.78, 5) is 24.1. The lowest BCUT2D eigenvalue weighted by Gasteiger charge is -2.12. The quantitative estimate of drug-likeness (QED) is 0.577. The zero-order valence-corrected chi connectivity index (χ0v) is 16.6. The van der Waals surface area contributed by atoms with E-state index in [0.29, 0.717) is 22.8 Å². The maximum Gasteiger partial charge on any atom is 0.355 e. The molecule has 0 radical (unpaired) electrons. The lowest BCUT2D eigenvalue weighted by molar-refractivity contribution is -0.136. The van der Waals surface area contributed by atoms with Crippen molar-refractivity contribution in [2.75, 3.05) is 6.61 Å². The molecule has 0 aliphatic rings. The Morgan fingerprint density at radius 2 is 1.89 bits per heavy atom. The predicted octanol–water partition coefficient (Wildman–Crippen LogP) is 4.85. The van der Waals surface area contributed by atoms with Crippen molar-refractivity contribution in [1.82, 2.24) is 4.57 Å². The normalized spacial score (nSPS) is 11.0. The van der Waals surface area contributed by atoms with E-state index in [0.717, 1.165) is 22.0 Å². The van der Waals surface area contributed by atoms with Crippen molar-refractivity contribution < 1.29 is 19.4 Å². The lowest BCUT2D eigenvalue weighted by atomic mass is 10.0. The van der Waals surface area contributed by atoms with Gasteiger partial charge in [0.25, 0.3) is 0 Å². The molecule has 0 amide bonds. The fourth-order valence-electron chi connectivity index (χ4n) is 3.48. The van der Waals surface area contributed by atoms with Gasteiger partial charge in [0, 0.05) is 18.4 Å². The topological polar surface area (TPSA) is 68.5 Å². The van der Waals surface area contributed by atoms with Crippen LogP contribution in [-0.4, -0.2) is 28.2 Å². The number of nitrogens with zero attached hydrogens (tertiary/aromatic N) is 1. The molecule has 28 heavy (non-hydrogen) atoms. The van der Waals surface area contributed by atoms with Gasteiger partial charge in [-0.3, -0.25) is 4.79 Å². The van der Waals surface area contributed by atoms with Crippen LogP contribution in [0.1, 0.15) is 40.5 Å². The van der Waals surface area contributed by atoms with Gasteiger partial charge in [-0.25, -0.2) is 4.79 Å². The number of esters is 1. The number of fused-ring (bicyclic) bond motifs is 1. The number of carbonyl (C=O) groups is 2. The molecule has 0 aliphatic heterocycles. The minimum Gasteiger partial charge on any atom is -0.481 e. The van der Waals surface area contributed by atoms with Gasteiger partial charge in [0.15, 0.2) is 0 Å². The first-order valence-electron chi connectivity index (χ1n) is 9.16. The number of rotatable bonds is 7. The number of halogens is 1. The summed E-state index contributed by atoms with van der Waals surface area (Å²) in [5, 5.41) is 10.5. The Labute approximate surface area is 168 Å². The molecule has 3 rings (SSSR count). The first-order valence-corrected chi connectivity index (χ1v) is 9.54. The van der Waals surface area contributed by atoms with E-state index < -0.39 is 11.9 Å². The maximum absolute atomic E-state index is 12.9. The Bertz CT molecular complexity index is 1020. The minimum absolute atomic E-state index is 0.0809. The summed E-state index contributed by atoms with van der Waals surface area (Å²) in [5.74, 6) is -1.39. The summed E-state index contributed by atoms with van der Waals surface area (Å²) in [7, 11) is 0. The molecule has 2 aromatic carbocycles. The average Bonchev–Trinajstić information content (AvgIpc) is 2.94. The molecule has 6 heteroatoms. The van der Waals surface area contributed by atoms with E-state index in [-0.39, 0.29) is 19.4 Å². The molecule has 5 nitrogen and oxygen atoms in total. The van der Waals surface area contributed by atoms with Crippen LogP contribution in [0.15, 0.2) is 42.5 Å². The van der Waals surface area contributed by atoms with E-state index in [1.807, 2.05) is 54.0 Å². The van der Waals surface area contributed by atoms with Crippen LogP contribution in [0.4, 0.5) is 0 Å². The molecule has 0 unspecified atom stereocenters. The number of carbonyl (C=O) groups excluding carboxylic acids is 1. The number of hydrogen-bond acceptors (Lipinski definition) is 3. The van der Waals surface area contributed by atoms with E-state index >= 15 is 0 Å². The second-order valence-electron chi connectivity index (χ2n) is 6.66. The summed E-state index contributed by atoms with van der Waals surface area (Å²) < 4.78 is 7.15. The van der Waals surface area contributed by atoms with E-state index in [4.69, 9.17) is 16.3 Å². The van der Waals surface area contributed by atoms with Crippen LogP contribution in [0.3, 0.4) is 0 Å². The number of aryl methyl sites for hydroxylation is 2. The van der Waals surface area contributed by atoms with Gasteiger partial charge in [0.05, 0.1) is 17.1 Å². The van der Waals surface area contributed by atoms with Crippen molar-refractivity contribution in [1.29, 1.82) is 0 Å². The van der Waals surface area contributed by atoms with Crippen molar-refractivity contribution in [2.24, 2.45) is 0 Å². The van der Waals surface area contributed by atoms with Gasteiger partial charge in [-0.2, -0.15) is 0 Å². The number of benzene rings is 2. The summed E-state index contributed by atoms with van der Waals surface area (Å²) in [6, 6.07) is 13.5. The SMILES string of the molecule is CCOC(=O)c1c(CCC(=O)O)c2cc(C)cc(Cl)c2n1Cc1ccccc1. The number of carboxylic acid groups (broad SMARTS) is 1.